The van der Waals surface area contributed by atoms with Crippen LogP contribution in [0.3, 0.4) is 0 Å². The van der Waals surface area contributed by atoms with Gasteiger partial charge in [0.15, 0.2) is 0 Å². The summed E-state index contributed by atoms with van der Waals surface area (Å²) in [6, 6.07) is 10.8. The lowest BCUT2D eigenvalue weighted by Gasteiger charge is -2.26. The number of ether oxygens (including phenoxy) is 1. The van der Waals surface area contributed by atoms with E-state index in [0.717, 1.165) is 24.1 Å². The fourth-order valence-electron chi connectivity index (χ4n) is 3.27. The molecule has 1 heterocycles. The summed E-state index contributed by atoms with van der Waals surface area (Å²) in [5.41, 5.74) is 7.98. The van der Waals surface area contributed by atoms with E-state index < -0.39 is 5.91 Å². The maximum absolute atomic E-state index is 13.5. The van der Waals surface area contributed by atoms with Crippen LogP contribution in [0.2, 0.25) is 0 Å². The number of aromatic nitrogens is 1. The lowest BCUT2D eigenvalue weighted by molar-refractivity contribution is -0.141. The number of carbonyl (C=O) groups is 3. The van der Waals surface area contributed by atoms with Crippen molar-refractivity contribution in [3.8, 4) is 0 Å². The number of para-hydroxylation sites is 1. The largest absolute Gasteiger partial charge is 0.454 e. The molecule has 1 aliphatic rings. The van der Waals surface area contributed by atoms with Gasteiger partial charge in [-0.25, -0.2) is 4.98 Å². The molecular formula is C22H24BrN3O4. The third-order valence-corrected chi connectivity index (χ3v) is 5.21. The molecular weight excluding hydrogens is 450 g/mol. The summed E-state index contributed by atoms with van der Waals surface area (Å²) in [4.78, 5) is 43.1. The van der Waals surface area contributed by atoms with Gasteiger partial charge in [-0.1, -0.05) is 18.2 Å². The molecule has 0 saturated heterocycles. The predicted molar refractivity (Wildman–Crippen MR) is 117 cm³/mol. The normalized spacial score (nSPS) is 13.0. The molecule has 8 heteroatoms. The number of primary amides is 1. The van der Waals surface area contributed by atoms with Crippen molar-refractivity contribution in [2.45, 2.75) is 32.6 Å². The monoisotopic (exact) mass is 473 g/mol. The number of esters is 1. The van der Waals surface area contributed by atoms with E-state index in [1.54, 1.807) is 24.0 Å². The van der Waals surface area contributed by atoms with Crippen molar-refractivity contribution in [1.82, 2.24) is 4.98 Å². The molecule has 2 aromatic rings. The summed E-state index contributed by atoms with van der Waals surface area (Å²) >= 11 is 3.08. The topological polar surface area (TPSA) is 103 Å². The van der Waals surface area contributed by atoms with Gasteiger partial charge in [-0.15, -0.1) is 0 Å². The lowest BCUT2D eigenvalue weighted by Crippen LogP contribution is -2.35. The van der Waals surface area contributed by atoms with E-state index >= 15 is 0 Å². The Bertz CT molecular complexity index is 959. The second-order valence-corrected chi connectivity index (χ2v) is 7.78. The van der Waals surface area contributed by atoms with Gasteiger partial charge in [0.1, 0.15) is 11.2 Å². The number of hydrogen-bond acceptors (Lipinski definition) is 5. The number of anilines is 1. The number of halogens is 1. The van der Waals surface area contributed by atoms with E-state index in [9.17, 15) is 14.4 Å². The fourth-order valence-corrected chi connectivity index (χ4v) is 3.52. The Kier molecular flexibility index (Phi) is 7.20. The molecule has 2 N–H and O–H groups in total. The van der Waals surface area contributed by atoms with Crippen LogP contribution in [0.4, 0.5) is 5.69 Å². The maximum atomic E-state index is 13.5. The summed E-state index contributed by atoms with van der Waals surface area (Å²) < 4.78 is 4.95. The average Bonchev–Trinajstić information content (AvgIpc) is 3.55. The number of nitrogens with zero attached hydrogens (tertiary/aromatic N) is 2. The number of pyridine rings is 1. The number of alkyl halides is 1. The van der Waals surface area contributed by atoms with Crippen LogP contribution in [0.25, 0.3) is 0 Å². The van der Waals surface area contributed by atoms with Gasteiger partial charge in [0.2, 0.25) is 0 Å². The van der Waals surface area contributed by atoms with Crippen molar-refractivity contribution in [1.29, 1.82) is 0 Å². The number of hydrogen-bond donors (Lipinski definition) is 1. The molecule has 1 saturated carbocycles. The van der Waals surface area contributed by atoms with Crippen molar-refractivity contribution >= 4 is 39.4 Å². The highest BCUT2D eigenvalue weighted by Gasteiger charge is 2.31. The van der Waals surface area contributed by atoms with Gasteiger partial charge in [0, 0.05) is 24.3 Å². The standard InChI is InChI=1S/C22H24BrN3O4/c1-14-6-10-17(20(25-14)21(24)28)22(29)26(12-15-7-8-15)18-5-3-2-4-16(18)9-11-19(27)30-13-23/h2-6,10,15H,7-9,11-13H2,1H3,(H2,24,28). The predicted octanol–water partition coefficient (Wildman–Crippen LogP) is 3.37. The smallest absolute Gasteiger partial charge is 0.306 e. The van der Waals surface area contributed by atoms with Gasteiger partial charge < -0.3 is 15.4 Å². The highest BCUT2D eigenvalue weighted by molar-refractivity contribution is 9.09. The van der Waals surface area contributed by atoms with Crippen molar-refractivity contribution in [3.63, 3.8) is 0 Å². The first-order chi connectivity index (χ1) is 14.4. The Balaban J connectivity index is 1.95. The van der Waals surface area contributed by atoms with E-state index in [4.69, 9.17) is 10.5 Å². The van der Waals surface area contributed by atoms with Crippen LogP contribution in [0.1, 0.15) is 51.4 Å². The van der Waals surface area contributed by atoms with Crippen LogP contribution >= 0.6 is 15.9 Å². The molecule has 1 aliphatic carbocycles. The van der Waals surface area contributed by atoms with E-state index in [1.807, 2.05) is 24.3 Å². The zero-order chi connectivity index (χ0) is 21.7. The molecule has 0 aliphatic heterocycles. The van der Waals surface area contributed by atoms with E-state index in [-0.39, 0.29) is 35.1 Å². The number of aryl methyl sites for hydroxylation is 2. The molecule has 0 atom stereocenters. The first-order valence-electron chi connectivity index (χ1n) is 9.79. The van der Waals surface area contributed by atoms with Crippen molar-refractivity contribution in [3.05, 3.63) is 58.9 Å². The molecule has 0 bridgehead atoms. The second kappa shape index (κ2) is 9.84. The minimum atomic E-state index is -0.737. The third-order valence-electron chi connectivity index (χ3n) is 4.98. The van der Waals surface area contributed by atoms with Gasteiger partial charge in [-0.2, -0.15) is 0 Å². The quantitative estimate of drug-likeness (QED) is 0.444. The Morgan fingerprint density at radius 2 is 1.93 bits per heavy atom. The van der Waals surface area contributed by atoms with E-state index in [1.165, 1.54) is 0 Å². The summed E-state index contributed by atoms with van der Waals surface area (Å²) in [5, 5.41) is 0. The van der Waals surface area contributed by atoms with Gasteiger partial charge in [-0.05, 0) is 71.8 Å². The summed E-state index contributed by atoms with van der Waals surface area (Å²) in [6.45, 7) is 2.28. The maximum Gasteiger partial charge on any atom is 0.306 e. The summed E-state index contributed by atoms with van der Waals surface area (Å²) in [7, 11) is 0. The Morgan fingerprint density at radius 1 is 1.20 bits per heavy atom. The van der Waals surface area contributed by atoms with Crippen LogP contribution < -0.4 is 10.6 Å². The third kappa shape index (κ3) is 5.44. The number of carbonyl (C=O) groups excluding carboxylic acids is 3. The van der Waals surface area contributed by atoms with Crippen LogP contribution in [-0.4, -0.2) is 34.8 Å². The summed E-state index contributed by atoms with van der Waals surface area (Å²) in [5.74, 6) is -0.964. The van der Waals surface area contributed by atoms with Crippen molar-refractivity contribution < 1.29 is 19.1 Å². The van der Waals surface area contributed by atoms with Crippen LogP contribution in [0.5, 0.6) is 0 Å². The number of nitrogens with two attached hydrogens (primary N) is 1. The Labute approximate surface area is 183 Å². The minimum absolute atomic E-state index is 0.0285. The molecule has 1 fully saturated rings. The second-order valence-electron chi connectivity index (χ2n) is 7.33. The van der Waals surface area contributed by atoms with Crippen molar-refractivity contribution in [2.24, 2.45) is 11.7 Å². The molecule has 0 unspecified atom stereocenters. The van der Waals surface area contributed by atoms with E-state index in [2.05, 4.69) is 20.9 Å². The highest BCUT2D eigenvalue weighted by atomic mass is 79.9. The molecule has 7 nitrogen and oxygen atoms in total. The fraction of sp³-hybridized carbons (Fsp3) is 0.364. The average molecular weight is 474 g/mol. The van der Waals surface area contributed by atoms with Gasteiger partial charge in [-0.3, -0.25) is 14.4 Å². The van der Waals surface area contributed by atoms with Gasteiger partial charge in [0.05, 0.1) is 5.56 Å². The molecule has 30 heavy (non-hydrogen) atoms. The Hall–Kier alpha value is -2.74. The molecule has 3 rings (SSSR count). The molecule has 1 aromatic carbocycles. The highest BCUT2D eigenvalue weighted by Crippen LogP contribution is 2.34. The number of amides is 2. The number of benzene rings is 1. The molecule has 2 amide bonds. The van der Waals surface area contributed by atoms with Crippen LogP contribution in [-0.2, 0) is 16.0 Å². The van der Waals surface area contributed by atoms with Crippen LogP contribution in [0.15, 0.2) is 36.4 Å². The summed E-state index contributed by atoms with van der Waals surface area (Å²) in [6.07, 6.45) is 2.74. The van der Waals surface area contributed by atoms with Crippen molar-refractivity contribution in [2.75, 3.05) is 17.0 Å². The first kappa shape index (κ1) is 22.0. The van der Waals surface area contributed by atoms with E-state index in [0.29, 0.717) is 24.6 Å². The molecule has 1 aromatic heterocycles. The SMILES string of the molecule is Cc1ccc(C(=O)N(CC2CC2)c2ccccc2CCC(=O)OCBr)c(C(N)=O)n1. The first-order valence-corrected chi connectivity index (χ1v) is 10.9. The Morgan fingerprint density at radius 3 is 2.60 bits per heavy atom. The van der Waals surface area contributed by atoms with Gasteiger partial charge >= 0.3 is 5.97 Å². The minimum Gasteiger partial charge on any atom is -0.454 e. The zero-order valence-corrected chi connectivity index (χ0v) is 18.4. The molecule has 158 valence electrons. The molecule has 0 radical (unpaired) electrons. The number of rotatable bonds is 9. The van der Waals surface area contributed by atoms with Gasteiger partial charge in [0.25, 0.3) is 11.8 Å². The van der Waals surface area contributed by atoms with Crippen LogP contribution in [0, 0.1) is 12.8 Å². The lowest BCUT2D eigenvalue weighted by atomic mass is 10.0. The molecule has 0 spiro atoms. The zero-order valence-electron chi connectivity index (χ0n) is 16.8.